The van der Waals surface area contributed by atoms with E-state index in [-0.39, 0.29) is 40.6 Å². The van der Waals surface area contributed by atoms with Crippen molar-refractivity contribution >= 4 is 22.3 Å². The lowest BCUT2D eigenvalue weighted by Gasteiger charge is -2.25. The Labute approximate surface area is 141 Å². The summed E-state index contributed by atoms with van der Waals surface area (Å²) in [6.45, 7) is 2.12. The zero-order valence-electron chi connectivity index (χ0n) is 13.8. The Bertz CT molecular complexity index is 807. The van der Waals surface area contributed by atoms with Crippen molar-refractivity contribution in [2.75, 3.05) is 0 Å². The Morgan fingerprint density at radius 2 is 1.58 bits per heavy atom. The molecule has 0 aromatic heterocycles. The van der Waals surface area contributed by atoms with E-state index in [1.165, 1.54) is 0 Å². The number of ketones is 2. The molecule has 24 heavy (non-hydrogen) atoms. The van der Waals surface area contributed by atoms with Crippen molar-refractivity contribution in [1.82, 2.24) is 0 Å². The van der Waals surface area contributed by atoms with Crippen LogP contribution in [0.25, 0.3) is 10.8 Å². The number of carbonyl (C=O) groups excluding carboxylic acids is 2. The SMILES string of the molecule is CCCCCCC1CC(=O)c2c(c(O)c3ccccc3c2O)C1=O. The van der Waals surface area contributed by atoms with Crippen molar-refractivity contribution in [3.8, 4) is 11.5 Å². The number of carbonyl (C=O) groups is 2. The van der Waals surface area contributed by atoms with Crippen molar-refractivity contribution in [3.63, 3.8) is 0 Å². The van der Waals surface area contributed by atoms with Gasteiger partial charge in [0.2, 0.25) is 0 Å². The van der Waals surface area contributed by atoms with Gasteiger partial charge < -0.3 is 10.2 Å². The zero-order chi connectivity index (χ0) is 17.3. The van der Waals surface area contributed by atoms with Gasteiger partial charge in [0.05, 0.1) is 11.1 Å². The maximum atomic E-state index is 12.8. The van der Waals surface area contributed by atoms with Gasteiger partial charge in [-0.1, -0.05) is 56.9 Å². The lowest BCUT2D eigenvalue weighted by molar-refractivity contribution is 0.0809. The summed E-state index contributed by atoms with van der Waals surface area (Å²) in [7, 11) is 0. The maximum Gasteiger partial charge on any atom is 0.171 e. The first-order chi connectivity index (χ1) is 11.6. The largest absolute Gasteiger partial charge is 0.507 e. The smallest absolute Gasteiger partial charge is 0.171 e. The Morgan fingerprint density at radius 1 is 0.958 bits per heavy atom. The molecule has 4 nitrogen and oxygen atoms in total. The molecular weight excluding hydrogens is 304 g/mol. The van der Waals surface area contributed by atoms with E-state index in [4.69, 9.17) is 0 Å². The highest BCUT2D eigenvalue weighted by Gasteiger charge is 2.37. The number of benzene rings is 2. The van der Waals surface area contributed by atoms with Crippen molar-refractivity contribution in [2.24, 2.45) is 5.92 Å². The average molecular weight is 326 g/mol. The van der Waals surface area contributed by atoms with Crippen LogP contribution in [0.4, 0.5) is 0 Å². The minimum Gasteiger partial charge on any atom is -0.507 e. The summed E-state index contributed by atoms with van der Waals surface area (Å²) in [5.74, 6) is -1.26. The molecule has 0 spiro atoms. The molecule has 0 aliphatic heterocycles. The third kappa shape index (κ3) is 2.66. The highest BCUT2D eigenvalue weighted by atomic mass is 16.3. The molecule has 1 unspecified atom stereocenters. The summed E-state index contributed by atoms with van der Waals surface area (Å²) in [5, 5.41) is 21.8. The van der Waals surface area contributed by atoms with E-state index >= 15 is 0 Å². The molecule has 0 amide bonds. The minimum atomic E-state index is -0.395. The van der Waals surface area contributed by atoms with Gasteiger partial charge in [-0.15, -0.1) is 0 Å². The van der Waals surface area contributed by atoms with Crippen LogP contribution >= 0.6 is 0 Å². The Balaban J connectivity index is 2.03. The minimum absolute atomic E-state index is 0.00272. The van der Waals surface area contributed by atoms with Crippen molar-refractivity contribution in [2.45, 2.75) is 45.4 Å². The molecule has 2 aromatic carbocycles. The number of unbranched alkanes of at least 4 members (excludes halogenated alkanes) is 3. The normalized spacial score (nSPS) is 17.3. The number of phenols is 2. The quantitative estimate of drug-likeness (QED) is 0.621. The number of phenolic OH excluding ortho intramolecular Hbond substituents is 2. The van der Waals surface area contributed by atoms with Gasteiger partial charge in [0.15, 0.2) is 11.6 Å². The molecule has 0 bridgehead atoms. The molecule has 1 aliphatic carbocycles. The fourth-order valence-corrected chi connectivity index (χ4v) is 3.59. The van der Waals surface area contributed by atoms with E-state index in [0.717, 1.165) is 25.7 Å². The van der Waals surface area contributed by atoms with Gasteiger partial charge in [-0.2, -0.15) is 0 Å². The Kier molecular flexibility index (Phi) is 4.56. The van der Waals surface area contributed by atoms with E-state index in [0.29, 0.717) is 17.2 Å². The van der Waals surface area contributed by atoms with Gasteiger partial charge in [-0.3, -0.25) is 9.59 Å². The fraction of sp³-hybridized carbons (Fsp3) is 0.400. The molecular formula is C20H22O4. The summed E-state index contributed by atoms with van der Waals surface area (Å²) in [5.41, 5.74) is -0.0102. The van der Waals surface area contributed by atoms with Gasteiger partial charge in [-0.25, -0.2) is 0 Å². The van der Waals surface area contributed by atoms with E-state index in [9.17, 15) is 19.8 Å². The highest BCUT2D eigenvalue weighted by Crippen LogP contribution is 2.44. The number of fused-ring (bicyclic) bond motifs is 2. The first-order valence-corrected chi connectivity index (χ1v) is 8.60. The van der Waals surface area contributed by atoms with Gasteiger partial charge >= 0.3 is 0 Å². The zero-order valence-corrected chi connectivity index (χ0v) is 13.8. The van der Waals surface area contributed by atoms with Crippen LogP contribution in [-0.2, 0) is 0 Å². The number of hydrogen-bond acceptors (Lipinski definition) is 4. The van der Waals surface area contributed by atoms with Crippen LogP contribution < -0.4 is 0 Å². The molecule has 0 fully saturated rings. The second-order valence-corrected chi connectivity index (χ2v) is 6.53. The average Bonchev–Trinajstić information content (AvgIpc) is 2.59. The van der Waals surface area contributed by atoms with Crippen LogP contribution in [0.15, 0.2) is 24.3 Å². The predicted octanol–water partition coefficient (Wildman–Crippen LogP) is 4.61. The Hall–Kier alpha value is -2.36. The molecule has 2 N–H and O–H groups in total. The van der Waals surface area contributed by atoms with Crippen LogP contribution in [0.5, 0.6) is 11.5 Å². The maximum absolute atomic E-state index is 12.8. The molecule has 1 aliphatic rings. The van der Waals surface area contributed by atoms with Crippen molar-refractivity contribution < 1.29 is 19.8 Å². The van der Waals surface area contributed by atoms with E-state index < -0.39 is 5.92 Å². The summed E-state index contributed by atoms with van der Waals surface area (Å²) < 4.78 is 0. The van der Waals surface area contributed by atoms with E-state index in [2.05, 4.69) is 6.92 Å². The summed E-state index contributed by atoms with van der Waals surface area (Å²) in [4.78, 5) is 25.3. The molecule has 0 heterocycles. The first-order valence-electron chi connectivity index (χ1n) is 8.60. The molecule has 1 atom stereocenters. The lowest BCUT2D eigenvalue weighted by Crippen LogP contribution is -2.27. The summed E-state index contributed by atoms with van der Waals surface area (Å²) in [6, 6.07) is 6.73. The highest BCUT2D eigenvalue weighted by molar-refractivity contribution is 6.21. The topological polar surface area (TPSA) is 74.6 Å². The molecule has 0 saturated carbocycles. The Morgan fingerprint density at radius 3 is 2.21 bits per heavy atom. The van der Waals surface area contributed by atoms with Crippen molar-refractivity contribution in [1.29, 1.82) is 0 Å². The molecule has 126 valence electrons. The van der Waals surface area contributed by atoms with Crippen LogP contribution in [0.3, 0.4) is 0 Å². The standard InChI is InChI=1S/C20H22O4/c1-2-3-4-5-8-12-11-15(21)16-17(18(12)22)20(24)14-10-7-6-9-13(14)19(16)23/h6-7,9-10,12,23-24H,2-5,8,11H2,1H3. The van der Waals surface area contributed by atoms with Crippen LogP contribution in [0.1, 0.15) is 66.2 Å². The molecule has 2 aromatic rings. The van der Waals surface area contributed by atoms with Gasteiger partial charge in [0, 0.05) is 23.1 Å². The molecule has 4 heteroatoms. The third-order valence-electron chi connectivity index (χ3n) is 4.89. The summed E-state index contributed by atoms with van der Waals surface area (Å²) in [6.07, 6.45) is 4.92. The van der Waals surface area contributed by atoms with Gasteiger partial charge in [-0.05, 0) is 6.42 Å². The second-order valence-electron chi connectivity index (χ2n) is 6.53. The number of Topliss-reactive ketones (excluding diaryl/α,β-unsaturated/α-hetero) is 2. The number of hydrogen-bond donors (Lipinski definition) is 2. The fourth-order valence-electron chi connectivity index (χ4n) is 3.59. The monoisotopic (exact) mass is 326 g/mol. The van der Waals surface area contributed by atoms with Crippen LogP contribution in [-0.4, -0.2) is 21.8 Å². The van der Waals surface area contributed by atoms with E-state index in [1.807, 2.05) is 0 Å². The van der Waals surface area contributed by atoms with Crippen molar-refractivity contribution in [3.05, 3.63) is 35.4 Å². The van der Waals surface area contributed by atoms with Crippen LogP contribution in [0.2, 0.25) is 0 Å². The summed E-state index contributed by atoms with van der Waals surface area (Å²) >= 11 is 0. The first kappa shape index (κ1) is 16.5. The predicted molar refractivity (Wildman–Crippen MR) is 92.8 cm³/mol. The second kappa shape index (κ2) is 6.63. The van der Waals surface area contributed by atoms with Gasteiger partial charge in [0.1, 0.15) is 11.5 Å². The number of rotatable bonds is 5. The molecule has 0 saturated heterocycles. The third-order valence-corrected chi connectivity index (χ3v) is 4.89. The molecule has 3 rings (SSSR count). The van der Waals surface area contributed by atoms with Crippen LogP contribution in [0, 0.1) is 5.92 Å². The van der Waals surface area contributed by atoms with Gasteiger partial charge in [0.25, 0.3) is 0 Å². The van der Waals surface area contributed by atoms with E-state index in [1.54, 1.807) is 24.3 Å². The lowest BCUT2D eigenvalue weighted by atomic mass is 9.77. The molecule has 0 radical (unpaired) electrons. The number of aromatic hydroxyl groups is 2.